The maximum atomic E-state index is 5.84. The molecule has 3 rings (SSSR count). The zero-order chi connectivity index (χ0) is 20.3. The van der Waals surface area contributed by atoms with Crippen LogP contribution in [0.25, 0.3) is 0 Å². The lowest BCUT2D eigenvalue weighted by Gasteiger charge is -2.13. The molecule has 2 N–H and O–H groups in total. The van der Waals surface area contributed by atoms with Crippen LogP contribution < -0.4 is 15.4 Å². The maximum absolute atomic E-state index is 5.84. The van der Waals surface area contributed by atoms with Crippen LogP contribution in [0.5, 0.6) is 5.75 Å². The summed E-state index contributed by atoms with van der Waals surface area (Å²) in [6.07, 6.45) is 4.39. The van der Waals surface area contributed by atoms with Crippen molar-refractivity contribution in [1.82, 2.24) is 20.6 Å². The van der Waals surface area contributed by atoms with E-state index in [0.717, 1.165) is 41.5 Å². The van der Waals surface area contributed by atoms with Crippen molar-refractivity contribution < 1.29 is 4.74 Å². The smallest absolute Gasteiger partial charge is 0.191 e. The highest BCUT2D eigenvalue weighted by atomic mass is 35.5. The number of ether oxygens (including phenoxy) is 1. The summed E-state index contributed by atoms with van der Waals surface area (Å²) >= 11 is 5.81. The van der Waals surface area contributed by atoms with Crippen LogP contribution >= 0.6 is 11.6 Å². The van der Waals surface area contributed by atoms with Crippen molar-refractivity contribution in [1.29, 1.82) is 0 Å². The van der Waals surface area contributed by atoms with Crippen molar-refractivity contribution in [3.63, 3.8) is 0 Å². The van der Waals surface area contributed by atoms with Crippen LogP contribution in [-0.4, -0.2) is 29.5 Å². The highest BCUT2D eigenvalue weighted by Crippen LogP contribution is 2.14. The van der Waals surface area contributed by atoms with Gasteiger partial charge in [0.25, 0.3) is 0 Å². The van der Waals surface area contributed by atoms with Crippen molar-refractivity contribution in [2.24, 2.45) is 4.99 Å². The summed E-state index contributed by atoms with van der Waals surface area (Å²) in [5.74, 6) is 1.56. The van der Waals surface area contributed by atoms with Crippen molar-refractivity contribution >= 4 is 17.6 Å². The summed E-state index contributed by atoms with van der Waals surface area (Å²) in [6.45, 7) is 1.83. The molecule has 0 saturated carbocycles. The fourth-order valence-electron chi connectivity index (χ4n) is 2.67. The second-order valence-corrected chi connectivity index (χ2v) is 6.74. The largest absolute Gasteiger partial charge is 0.487 e. The molecular weight excluding hydrogens is 386 g/mol. The molecule has 150 valence electrons. The Hall–Kier alpha value is -3.12. The minimum absolute atomic E-state index is 0.445. The van der Waals surface area contributed by atoms with E-state index in [1.807, 2.05) is 48.5 Å². The predicted molar refractivity (Wildman–Crippen MR) is 116 cm³/mol. The molecule has 2 aromatic heterocycles. The zero-order valence-corrected chi connectivity index (χ0v) is 17.1. The molecule has 6 nitrogen and oxygen atoms in total. The Labute approximate surface area is 176 Å². The van der Waals surface area contributed by atoms with Crippen molar-refractivity contribution in [3.8, 4) is 5.75 Å². The molecule has 0 aliphatic carbocycles. The minimum Gasteiger partial charge on any atom is -0.487 e. The van der Waals surface area contributed by atoms with Crippen molar-refractivity contribution in [2.75, 3.05) is 13.6 Å². The normalized spacial score (nSPS) is 11.2. The number of nitrogens with zero attached hydrogens (tertiary/aromatic N) is 3. The molecule has 0 radical (unpaired) electrons. The van der Waals surface area contributed by atoms with E-state index in [0.29, 0.717) is 18.3 Å². The monoisotopic (exact) mass is 409 g/mol. The number of hydrogen-bond acceptors (Lipinski definition) is 4. The molecule has 0 spiro atoms. The Bertz CT molecular complexity index is 916. The average Bonchev–Trinajstić information content (AvgIpc) is 2.77. The topological polar surface area (TPSA) is 71.4 Å². The van der Waals surface area contributed by atoms with Gasteiger partial charge in [-0.2, -0.15) is 0 Å². The van der Waals surface area contributed by atoms with Crippen LogP contribution in [-0.2, 0) is 19.6 Å². The van der Waals surface area contributed by atoms with Gasteiger partial charge in [0.15, 0.2) is 5.96 Å². The average molecular weight is 410 g/mol. The molecule has 3 aromatic rings. The number of rotatable bonds is 8. The first-order valence-electron chi connectivity index (χ1n) is 9.39. The third kappa shape index (κ3) is 7.08. The molecule has 2 heterocycles. The van der Waals surface area contributed by atoms with E-state index in [1.54, 1.807) is 25.5 Å². The Kier molecular flexibility index (Phi) is 7.83. The van der Waals surface area contributed by atoms with E-state index >= 15 is 0 Å². The highest BCUT2D eigenvalue weighted by Gasteiger charge is 2.02. The first-order chi connectivity index (χ1) is 14.2. The van der Waals surface area contributed by atoms with Crippen LogP contribution in [0.1, 0.15) is 16.8 Å². The summed E-state index contributed by atoms with van der Waals surface area (Å²) in [5.41, 5.74) is 3.12. The molecule has 0 atom stereocenters. The van der Waals surface area contributed by atoms with E-state index in [4.69, 9.17) is 16.3 Å². The number of nitrogens with one attached hydrogen (secondary N) is 2. The number of hydrogen-bond donors (Lipinski definition) is 2. The minimum atomic E-state index is 0.445. The van der Waals surface area contributed by atoms with Crippen molar-refractivity contribution in [2.45, 2.75) is 19.6 Å². The summed E-state index contributed by atoms with van der Waals surface area (Å²) in [6, 6.07) is 17.6. The molecule has 7 heteroatoms. The molecule has 0 saturated heterocycles. The molecule has 0 aliphatic heterocycles. The third-order valence-corrected chi connectivity index (χ3v) is 4.41. The first-order valence-corrected chi connectivity index (χ1v) is 9.77. The van der Waals surface area contributed by atoms with Crippen LogP contribution in [0.15, 0.2) is 72.0 Å². The molecule has 0 unspecified atom stereocenters. The van der Waals surface area contributed by atoms with Crippen molar-refractivity contribution in [3.05, 3.63) is 89.0 Å². The van der Waals surface area contributed by atoms with E-state index in [9.17, 15) is 0 Å². The predicted octanol–water partition coefficient (Wildman–Crippen LogP) is 3.62. The Morgan fingerprint density at radius 2 is 1.97 bits per heavy atom. The second-order valence-electron chi connectivity index (χ2n) is 6.35. The van der Waals surface area contributed by atoms with Gasteiger partial charge >= 0.3 is 0 Å². The SMILES string of the molecule is CN=C(NCCc1ccc(Cl)nc1)NCc1cccc(OCc2ccccn2)c1. The Morgan fingerprint density at radius 3 is 2.72 bits per heavy atom. The van der Waals surface area contributed by atoms with E-state index in [1.165, 1.54) is 0 Å². The molecule has 29 heavy (non-hydrogen) atoms. The standard InChI is InChI=1S/C22H24ClN5O/c1-24-22(26-12-10-17-8-9-21(23)27-14-17)28-15-18-5-4-7-20(13-18)29-16-19-6-2-3-11-25-19/h2-9,11,13-14H,10,12,15-16H2,1H3,(H2,24,26,28). The number of pyridine rings is 2. The number of halogens is 1. The molecular formula is C22H24ClN5O. The molecule has 0 aliphatic rings. The van der Waals surface area contributed by atoms with Gasteiger partial charge in [-0.25, -0.2) is 4.98 Å². The molecule has 1 aromatic carbocycles. The van der Waals surface area contributed by atoms with Gasteiger partial charge in [-0.3, -0.25) is 9.98 Å². The van der Waals surface area contributed by atoms with E-state index in [2.05, 4.69) is 25.6 Å². The lowest BCUT2D eigenvalue weighted by atomic mass is 10.2. The van der Waals surface area contributed by atoms with Crippen LogP contribution in [0.4, 0.5) is 0 Å². The molecule has 0 bridgehead atoms. The Morgan fingerprint density at radius 1 is 1.03 bits per heavy atom. The van der Waals surface area contributed by atoms with Gasteiger partial charge in [0, 0.05) is 32.5 Å². The van der Waals surface area contributed by atoms with Gasteiger partial charge in [-0.05, 0) is 47.9 Å². The Balaban J connectivity index is 1.44. The number of benzene rings is 1. The lowest BCUT2D eigenvalue weighted by molar-refractivity contribution is 0.301. The summed E-state index contributed by atoms with van der Waals surface area (Å²) < 4.78 is 5.84. The number of guanidine groups is 1. The summed E-state index contributed by atoms with van der Waals surface area (Å²) in [4.78, 5) is 12.6. The zero-order valence-electron chi connectivity index (χ0n) is 16.3. The second kappa shape index (κ2) is 11.0. The van der Waals surface area contributed by atoms with E-state index < -0.39 is 0 Å². The summed E-state index contributed by atoms with van der Waals surface area (Å²) in [5, 5.41) is 7.12. The highest BCUT2D eigenvalue weighted by molar-refractivity contribution is 6.29. The fraction of sp³-hybridized carbons (Fsp3) is 0.227. The van der Waals surface area contributed by atoms with Gasteiger partial charge < -0.3 is 15.4 Å². The molecule has 0 amide bonds. The van der Waals surface area contributed by atoms with Gasteiger partial charge in [0.2, 0.25) is 0 Å². The number of aromatic nitrogens is 2. The van der Waals surface area contributed by atoms with Gasteiger partial charge in [-0.1, -0.05) is 35.9 Å². The first kappa shape index (κ1) is 20.6. The van der Waals surface area contributed by atoms with Crippen LogP contribution in [0.2, 0.25) is 5.15 Å². The summed E-state index contributed by atoms with van der Waals surface area (Å²) in [7, 11) is 1.76. The fourth-order valence-corrected chi connectivity index (χ4v) is 2.78. The van der Waals surface area contributed by atoms with Crippen LogP contribution in [0, 0.1) is 0 Å². The molecule has 0 fully saturated rings. The van der Waals surface area contributed by atoms with Gasteiger partial charge in [-0.15, -0.1) is 0 Å². The maximum Gasteiger partial charge on any atom is 0.191 e. The lowest BCUT2D eigenvalue weighted by Crippen LogP contribution is -2.37. The van der Waals surface area contributed by atoms with Gasteiger partial charge in [0.05, 0.1) is 5.69 Å². The van der Waals surface area contributed by atoms with Crippen LogP contribution in [0.3, 0.4) is 0 Å². The number of aliphatic imine (C=N–C) groups is 1. The third-order valence-electron chi connectivity index (χ3n) is 4.19. The van der Waals surface area contributed by atoms with E-state index in [-0.39, 0.29) is 0 Å². The quantitative estimate of drug-likeness (QED) is 0.338. The van der Waals surface area contributed by atoms with Gasteiger partial charge in [0.1, 0.15) is 17.5 Å².